The van der Waals surface area contributed by atoms with E-state index >= 15 is 0 Å². The summed E-state index contributed by atoms with van der Waals surface area (Å²) in [5.41, 5.74) is 0.834. The molecule has 6 heteroatoms. The Hall–Kier alpha value is -0.620. The summed E-state index contributed by atoms with van der Waals surface area (Å²) in [5.74, 6) is 0.716. The van der Waals surface area contributed by atoms with Crippen LogP contribution >= 0.6 is 23.7 Å². The second-order valence-corrected chi connectivity index (χ2v) is 7.78. The van der Waals surface area contributed by atoms with Crippen molar-refractivity contribution < 1.29 is 9.53 Å². The minimum absolute atomic E-state index is 0. The molecule has 3 aliphatic rings. The summed E-state index contributed by atoms with van der Waals surface area (Å²) in [7, 11) is 0. The largest absolute Gasteiger partial charge is 0.381 e. The van der Waals surface area contributed by atoms with Gasteiger partial charge in [0, 0.05) is 47.5 Å². The maximum absolute atomic E-state index is 12.3. The van der Waals surface area contributed by atoms with Crippen molar-refractivity contribution in [3.8, 4) is 0 Å². The fourth-order valence-corrected chi connectivity index (χ4v) is 4.42. The second-order valence-electron chi connectivity index (χ2n) is 6.84. The number of thiophene rings is 1. The van der Waals surface area contributed by atoms with E-state index in [1.54, 1.807) is 11.3 Å². The summed E-state index contributed by atoms with van der Waals surface area (Å²) < 4.78 is 5.33. The van der Waals surface area contributed by atoms with Crippen molar-refractivity contribution in [2.24, 2.45) is 0 Å². The molecular formula is C17H25ClN2O2S. The minimum Gasteiger partial charge on any atom is -0.381 e. The zero-order valence-corrected chi connectivity index (χ0v) is 14.9. The van der Waals surface area contributed by atoms with E-state index in [2.05, 4.69) is 16.7 Å². The van der Waals surface area contributed by atoms with Crippen LogP contribution in [0.25, 0.3) is 0 Å². The monoisotopic (exact) mass is 356 g/mol. The zero-order chi connectivity index (χ0) is 14.9. The van der Waals surface area contributed by atoms with Crippen LogP contribution in [-0.4, -0.2) is 37.2 Å². The van der Waals surface area contributed by atoms with E-state index in [0.29, 0.717) is 12.0 Å². The third-order valence-corrected chi connectivity index (χ3v) is 6.21. The van der Waals surface area contributed by atoms with Crippen LogP contribution in [0, 0.1) is 0 Å². The van der Waals surface area contributed by atoms with Crippen LogP contribution in [0.1, 0.15) is 59.7 Å². The number of rotatable bonds is 5. The Morgan fingerprint density at radius 2 is 1.96 bits per heavy atom. The number of halogens is 1. The van der Waals surface area contributed by atoms with Gasteiger partial charge in [-0.2, -0.15) is 0 Å². The molecule has 2 heterocycles. The van der Waals surface area contributed by atoms with Crippen molar-refractivity contribution in [2.45, 2.75) is 62.6 Å². The van der Waals surface area contributed by atoms with Gasteiger partial charge in [0.15, 0.2) is 0 Å². The molecule has 1 saturated heterocycles. The number of ether oxygens (including phenoxy) is 1. The Kier molecular flexibility index (Phi) is 5.62. The molecular weight excluding hydrogens is 332 g/mol. The first kappa shape index (κ1) is 17.2. The van der Waals surface area contributed by atoms with Crippen LogP contribution in [0.2, 0.25) is 0 Å². The van der Waals surface area contributed by atoms with Gasteiger partial charge in [-0.15, -0.1) is 23.7 Å². The van der Waals surface area contributed by atoms with Gasteiger partial charge in [-0.05, 0) is 38.2 Å². The minimum atomic E-state index is 0. The Morgan fingerprint density at radius 1 is 1.17 bits per heavy atom. The highest BCUT2D eigenvalue weighted by molar-refractivity contribution is 7.10. The highest BCUT2D eigenvalue weighted by Gasteiger charge is 2.41. The SMILES string of the molecule is Cl.O=C(NC1CCOCC1)c1csc(C2CC2NC2CCC2)c1. The number of hydrogen-bond acceptors (Lipinski definition) is 4. The van der Waals surface area contributed by atoms with Crippen LogP contribution in [-0.2, 0) is 4.74 Å². The third-order valence-electron chi connectivity index (χ3n) is 5.15. The molecule has 1 aliphatic heterocycles. The molecule has 4 nitrogen and oxygen atoms in total. The van der Waals surface area contributed by atoms with Crippen molar-refractivity contribution >= 4 is 29.7 Å². The van der Waals surface area contributed by atoms with Crippen LogP contribution in [0.3, 0.4) is 0 Å². The van der Waals surface area contributed by atoms with Crippen molar-refractivity contribution in [1.82, 2.24) is 10.6 Å². The van der Waals surface area contributed by atoms with Crippen molar-refractivity contribution in [1.29, 1.82) is 0 Å². The first-order valence-electron chi connectivity index (χ1n) is 8.52. The summed E-state index contributed by atoms with van der Waals surface area (Å²) in [5, 5.41) is 8.89. The van der Waals surface area contributed by atoms with E-state index in [-0.39, 0.29) is 24.4 Å². The fraction of sp³-hybridized carbons (Fsp3) is 0.706. The van der Waals surface area contributed by atoms with Gasteiger partial charge in [0.2, 0.25) is 0 Å². The molecule has 128 valence electrons. The van der Waals surface area contributed by atoms with Crippen LogP contribution in [0.5, 0.6) is 0 Å². The van der Waals surface area contributed by atoms with Gasteiger partial charge in [-0.1, -0.05) is 6.42 Å². The molecule has 23 heavy (non-hydrogen) atoms. The van der Waals surface area contributed by atoms with Crippen molar-refractivity contribution in [3.63, 3.8) is 0 Å². The molecule has 2 atom stereocenters. The normalized spacial score (nSPS) is 27.8. The van der Waals surface area contributed by atoms with E-state index in [9.17, 15) is 4.79 Å². The van der Waals surface area contributed by atoms with Crippen molar-refractivity contribution in [3.05, 3.63) is 21.9 Å². The summed E-state index contributed by atoms with van der Waals surface area (Å²) in [4.78, 5) is 13.7. The van der Waals surface area contributed by atoms with Crippen LogP contribution in [0.4, 0.5) is 0 Å². The van der Waals surface area contributed by atoms with Crippen LogP contribution in [0.15, 0.2) is 11.4 Å². The average molecular weight is 357 g/mol. The highest BCUT2D eigenvalue weighted by atomic mass is 35.5. The molecule has 2 unspecified atom stereocenters. The molecule has 2 saturated carbocycles. The van der Waals surface area contributed by atoms with E-state index in [0.717, 1.165) is 37.7 Å². The maximum Gasteiger partial charge on any atom is 0.252 e. The number of amides is 1. The standard InChI is InChI=1S/C17H24N2O2S.ClH/c20-17(19-13-4-6-21-7-5-13)11-8-16(22-10-11)14-9-15(14)18-12-2-1-3-12;/h8,10,12-15,18H,1-7,9H2,(H,19,20);1H. The highest BCUT2D eigenvalue weighted by Crippen LogP contribution is 2.44. The summed E-state index contributed by atoms with van der Waals surface area (Å²) in [6, 6.07) is 3.78. The third kappa shape index (κ3) is 4.08. The van der Waals surface area contributed by atoms with Gasteiger partial charge in [-0.25, -0.2) is 0 Å². The van der Waals surface area contributed by atoms with E-state index in [1.807, 2.05) is 5.38 Å². The fourth-order valence-electron chi connectivity index (χ4n) is 3.35. The van der Waals surface area contributed by atoms with Gasteiger partial charge >= 0.3 is 0 Å². The van der Waals surface area contributed by atoms with Gasteiger partial charge in [-0.3, -0.25) is 4.79 Å². The maximum atomic E-state index is 12.3. The first-order valence-corrected chi connectivity index (χ1v) is 9.40. The topological polar surface area (TPSA) is 50.4 Å². The smallest absolute Gasteiger partial charge is 0.252 e. The molecule has 0 aromatic carbocycles. The van der Waals surface area contributed by atoms with Gasteiger partial charge < -0.3 is 15.4 Å². The predicted molar refractivity (Wildman–Crippen MR) is 94.8 cm³/mol. The molecule has 3 fully saturated rings. The lowest BCUT2D eigenvalue weighted by Crippen LogP contribution is -2.38. The molecule has 1 amide bonds. The Balaban J connectivity index is 0.00000156. The molecule has 0 spiro atoms. The summed E-state index contributed by atoms with van der Waals surface area (Å²) in [6.07, 6.45) is 7.15. The lowest BCUT2D eigenvalue weighted by atomic mass is 9.93. The van der Waals surface area contributed by atoms with Gasteiger partial charge in [0.25, 0.3) is 5.91 Å². The lowest BCUT2D eigenvalue weighted by Gasteiger charge is -2.26. The molecule has 2 aliphatic carbocycles. The summed E-state index contributed by atoms with van der Waals surface area (Å²) in [6.45, 7) is 1.52. The molecule has 4 rings (SSSR count). The van der Waals surface area contributed by atoms with Crippen LogP contribution < -0.4 is 10.6 Å². The molecule has 0 bridgehead atoms. The lowest BCUT2D eigenvalue weighted by molar-refractivity contribution is 0.0696. The number of hydrogen-bond donors (Lipinski definition) is 2. The second kappa shape index (κ2) is 7.51. The molecule has 1 aromatic heterocycles. The van der Waals surface area contributed by atoms with E-state index in [4.69, 9.17) is 4.74 Å². The Bertz CT molecular complexity index is 540. The average Bonchev–Trinajstić information content (AvgIpc) is 3.08. The zero-order valence-electron chi connectivity index (χ0n) is 13.3. The predicted octanol–water partition coefficient (Wildman–Crippen LogP) is 3.08. The molecule has 2 N–H and O–H groups in total. The van der Waals surface area contributed by atoms with E-state index in [1.165, 1.54) is 30.6 Å². The number of carbonyl (C=O) groups excluding carboxylic acids is 1. The molecule has 0 radical (unpaired) electrons. The Labute approximate surface area is 147 Å². The quantitative estimate of drug-likeness (QED) is 0.852. The van der Waals surface area contributed by atoms with Crippen molar-refractivity contribution in [2.75, 3.05) is 13.2 Å². The molecule has 1 aromatic rings. The number of nitrogens with one attached hydrogen (secondary N) is 2. The first-order chi connectivity index (χ1) is 10.8. The van der Waals surface area contributed by atoms with E-state index < -0.39 is 0 Å². The summed E-state index contributed by atoms with van der Waals surface area (Å²) >= 11 is 1.74. The van der Waals surface area contributed by atoms with Gasteiger partial charge in [0.05, 0.1) is 5.56 Å². The van der Waals surface area contributed by atoms with Gasteiger partial charge in [0.1, 0.15) is 0 Å². The Morgan fingerprint density at radius 3 is 2.65 bits per heavy atom. The number of carbonyl (C=O) groups is 1.